The van der Waals surface area contributed by atoms with E-state index in [0.717, 1.165) is 30.8 Å². The number of aromatic nitrogens is 2. The van der Waals surface area contributed by atoms with Gasteiger partial charge in [-0.2, -0.15) is 0 Å². The second kappa shape index (κ2) is 5.83. The van der Waals surface area contributed by atoms with E-state index < -0.39 is 0 Å². The second-order valence-corrected chi connectivity index (χ2v) is 4.54. The molecule has 0 amide bonds. The Hall–Kier alpha value is -1.61. The molecular formula is C15H21N3. The van der Waals surface area contributed by atoms with Gasteiger partial charge in [0.1, 0.15) is 5.82 Å². The Morgan fingerprint density at radius 1 is 1.28 bits per heavy atom. The van der Waals surface area contributed by atoms with Crippen molar-refractivity contribution in [2.24, 2.45) is 5.73 Å². The van der Waals surface area contributed by atoms with Gasteiger partial charge in [-0.3, -0.25) is 0 Å². The Kier molecular flexibility index (Phi) is 4.15. The quantitative estimate of drug-likeness (QED) is 0.876. The number of imidazole rings is 1. The van der Waals surface area contributed by atoms with Crippen LogP contribution in [0.15, 0.2) is 36.7 Å². The minimum absolute atomic E-state index is 0.0816. The van der Waals surface area contributed by atoms with Gasteiger partial charge in [0.2, 0.25) is 0 Å². The lowest BCUT2D eigenvalue weighted by molar-refractivity contribution is 0.688. The summed E-state index contributed by atoms with van der Waals surface area (Å²) in [7, 11) is 0. The van der Waals surface area contributed by atoms with Crippen LogP contribution in [-0.2, 0) is 6.42 Å². The summed E-state index contributed by atoms with van der Waals surface area (Å²) in [4.78, 5) is 4.43. The predicted octanol–water partition coefficient (Wildman–Crippen LogP) is 3.23. The second-order valence-electron chi connectivity index (χ2n) is 4.54. The first kappa shape index (κ1) is 12.8. The average molecular weight is 243 g/mol. The van der Waals surface area contributed by atoms with Crippen LogP contribution in [0, 0.1) is 0 Å². The lowest BCUT2D eigenvalue weighted by Crippen LogP contribution is -2.13. The lowest BCUT2D eigenvalue weighted by atomic mass is 10.0. The summed E-state index contributed by atoms with van der Waals surface area (Å²) in [5, 5.41) is 0. The summed E-state index contributed by atoms with van der Waals surface area (Å²) in [5.41, 5.74) is 8.54. The van der Waals surface area contributed by atoms with Crippen LogP contribution in [0.25, 0.3) is 5.69 Å². The number of nitrogens with zero attached hydrogens (tertiary/aromatic N) is 2. The summed E-state index contributed by atoms with van der Waals surface area (Å²) in [6.07, 6.45) is 6.90. The lowest BCUT2D eigenvalue weighted by Gasteiger charge is -2.17. The summed E-state index contributed by atoms with van der Waals surface area (Å²) in [6.45, 7) is 4.28. The van der Waals surface area contributed by atoms with E-state index in [4.69, 9.17) is 5.73 Å². The number of para-hydroxylation sites is 1. The van der Waals surface area contributed by atoms with Crippen molar-refractivity contribution in [3.8, 4) is 5.69 Å². The predicted molar refractivity (Wildman–Crippen MR) is 74.8 cm³/mol. The molecule has 1 aromatic heterocycles. The average Bonchev–Trinajstić information content (AvgIpc) is 2.86. The highest BCUT2D eigenvalue weighted by Crippen LogP contribution is 2.23. The maximum absolute atomic E-state index is 6.19. The Bertz CT molecular complexity index is 502. The molecule has 18 heavy (non-hydrogen) atoms. The van der Waals surface area contributed by atoms with Crippen molar-refractivity contribution in [3.05, 3.63) is 48.0 Å². The zero-order chi connectivity index (χ0) is 13.0. The summed E-state index contributed by atoms with van der Waals surface area (Å²) < 4.78 is 2.16. The minimum Gasteiger partial charge on any atom is -0.324 e. The van der Waals surface area contributed by atoms with E-state index in [-0.39, 0.29) is 6.04 Å². The molecule has 0 aliphatic heterocycles. The molecule has 1 aromatic carbocycles. The van der Waals surface area contributed by atoms with Crippen LogP contribution in [0.1, 0.15) is 44.1 Å². The first-order chi connectivity index (χ1) is 8.77. The normalized spacial score (nSPS) is 12.6. The number of nitrogens with two attached hydrogens (primary N) is 1. The molecule has 0 radical (unpaired) electrons. The summed E-state index contributed by atoms with van der Waals surface area (Å²) in [6, 6.07) is 8.41. The van der Waals surface area contributed by atoms with E-state index in [2.05, 4.69) is 41.6 Å². The Morgan fingerprint density at radius 2 is 2.06 bits per heavy atom. The molecule has 0 bridgehead atoms. The van der Waals surface area contributed by atoms with E-state index in [0.29, 0.717) is 0 Å². The molecular weight excluding hydrogens is 222 g/mol. The SMILES string of the molecule is CCCc1nccn1-c1ccccc1[C@H](N)CC. The number of benzene rings is 1. The van der Waals surface area contributed by atoms with Crippen molar-refractivity contribution in [1.29, 1.82) is 0 Å². The Morgan fingerprint density at radius 3 is 2.78 bits per heavy atom. The van der Waals surface area contributed by atoms with Gasteiger partial charge in [0.05, 0.1) is 5.69 Å². The maximum Gasteiger partial charge on any atom is 0.113 e. The zero-order valence-corrected chi connectivity index (χ0v) is 11.1. The van der Waals surface area contributed by atoms with Crippen molar-refractivity contribution in [3.63, 3.8) is 0 Å². The highest BCUT2D eigenvalue weighted by molar-refractivity contribution is 5.43. The van der Waals surface area contributed by atoms with E-state index in [1.165, 1.54) is 5.56 Å². The first-order valence-electron chi connectivity index (χ1n) is 6.65. The molecule has 2 rings (SSSR count). The fraction of sp³-hybridized carbons (Fsp3) is 0.400. The smallest absolute Gasteiger partial charge is 0.113 e. The van der Waals surface area contributed by atoms with E-state index in [9.17, 15) is 0 Å². The van der Waals surface area contributed by atoms with Gasteiger partial charge in [-0.1, -0.05) is 32.0 Å². The number of hydrogen-bond acceptors (Lipinski definition) is 2. The van der Waals surface area contributed by atoms with Crippen LogP contribution in [-0.4, -0.2) is 9.55 Å². The van der Waals surface area contributed by atoms with Crippen LogP contribution in [0.5, 0.6) is 0 Å². The minimum atomic E-state index is 0.0816. The van der Waals surface area contributed by atoms with Gasteiger partial charge in [-0.05, 0) is 24.5 Å². The Labute approximate surface area is 109 Å². The van der Waals surface area contributed by atoms with Crippen LogP contribution < -0.4 is 5.73 Å². The molecule has 2 aromatic rings. The van der Waals surface area contributed by atoms with E-state index in [1.54, 1.807) is 0 Å². The number of hydrogen-bond donors (Lipinski definition) is 1. The molecule has 0 aliphatic rings. The molecule has 0 fully saturated rings. The maximum atomic E-state index is 6.19. The first-order valence-corrected chi connectivity index (χ1v) is 6.65. The van der Waals surface area contributed by atoms with Gasteiger partial charge >= 0.3 is 0 Å². The molecule has 0 saturated heterocycles. The van der Waals surface area contributed by atoms with Crippen LogP contribution in [0.2, 0.25) is 0 Å². The summed E-state index contributed by atoms with van der Waals surface area (Å²) in [5.74, 6) is 1.10. The molecule has 3 heteroatoms. The van der Waals surface area contributed by atoms with Gasteiger partial charge in [-0.25, -0.2) is 4.98 Å². The van der Waals surface area contributed by atoms with Gasteiger partial charge < -0.3 is 10.3 Å². The molecule has 0 aliphatic carbocycles. The topological polar surface area (TPSA) is 43.8 Å². The summed E-state index contributed by atoms with van der Waals surface area (Å²) >= 11 is 0. The number of aryl methyl sites for hydroxylation is 1. The highest BCUT2D eigenvalue weighted by Gasteiger charge is 2.12. The molecule has 1 atom stereocenters. The van der Waals surface area contributed by atoms with Crippen LogP contribution in [0.3, 0.4) is 0 Å². The fourth-order valence-corrected chi connectivity index (χ4v) is 2.20. The van der Waals surface area contributed by atoms with Crippen LogP contribution >= 0.6 is 0 Å². The van der Waals surface area contributed by atoms with Crippen LogP contribution in [0.4, 0.5) is 0 Å². The van der Waals surface area contributed by atoms with Crippen molar-refractivity contribution in [2.75, 3.05) is 0 Å². The highest BCUT2D eigenvalue weighted by atomic mass is 15.1. The van der Waals surface area contributed by atoms with Gasteiger partial charge in [0.15, 0.2) is 0 Å². The third-order valence-corrected chi connectivity index (χ3v) is 3.23. The molecule has 96 valence electrons. The van der Waals surface area contributed by atoms with E-state index >= 15 is 0 Å². The largest absolute Gasteiger partial charge is 0.324 e. The molecule has 0 unspecified atom stereocenters. The third kappa shape index (κ3) is 2.46. The van der Waals surface area contributed by atoms with Gasteiger partial charge in [0.25, 0.3) is 0 Å². The van der Waals surface area contributed by atoms with E-state index in [1.807, 2.05) is 18.5 Å². The molecule has 1 heterocycles. The van der Waals surface area contributed by atoms with Gasteiger partial charge in [0, 0.05) is 24.9 Å². The number of rotatable bonds is 5. The third-order valence-electron chi connectivity index (χ3n) is 3.23. The monoisotopic (exact) mass is 243 g/mol. The molecule has 2 N–H and O–H groups in total. The fourth-order valence-electron chi connectivity index (χ4n) is 2.20. The van der Waals surface area contributed by atoms with Gasteiger partial charge in [-0.15, -0.1) is 0 Å². The zero-order valence-electron chi connectivity index (χ0n) is 11.1. The molecule has 0 saturated carbocycles. The van der Waals surface area contributed by atoms with Crippen molar-refractivity contribution in [1.82, 2.24) is 9.55 Å². The molecule has 0 spiro atoms. The van der Waals surface area contributed by atoms with Crippen molar-refractivity contribution < 1.29 is 0 Å². The van der Waals surface area contributed by atoms with Crippen molar-refractivity contribution in [2.45, 2.75) is 39.2 Å². The Balaban J connectivity index is 2.46. The molecule has 3 nitrogen and oxygen atoms in total. The van der Waals surface area contributed by atoms with Crippen molar-refractivity contribution >= 4 is 0 Å². The standard InChI is InChI=1S/C15H21N3/c1-3-7-15-17-10-11-18(15)14-9-6-5-8-12(14)13(16)4-2/h5-6,8-11,13H,3-4,7,16H2,1-2H3/t13-/m1/s1.